The fourth-order valence-electron chi connectivity index (χ4n) is 1.92. The molecule has 1 aromatic rings. The molecule has 1 aromatic carbocycles. The van der Waals surface area contributed by atoms with Crippen molar-refractivity contribution in [3.8, 4) is 0 Å². The lowest BCUT2D eigenvalue weighted by Gasteiger charge is -2.29. The molecule has 2 heteroatoms. The topological polar surface area (TPSA) is 32.3 Å². The van der Waals surface area contributed by atoms with Gasteiger partial charge >= 0.3 is 0 Å². The van der Waals surface area contributed by atoms with Gasteiger partial charge in [0.25, 0.3) is 0 Å². The lowest BCUT2D eigenvalue weighted by atomic mass is 9.93. The van der Waals surface area contributed by atoms with E-state index in [2.05, 4.69) is 24.4 Å². The lowest BCUT2D eigenvalue weighted by Crippen LogP contribution is -2.48. The summed E-state index contributed by atoms with van der Waals surface area (Å²) in [6.45, 7) is 2.29. The summed E-state index contributed by atoms with van der Waals surface area (Å²) in [5, 5.41) is 13.0. The molecule has 82 valence electrons. The highest BCUT2D eigenvalue weighted by Crippen LogP contribution is 2.24. The first-order valence-corrected chi connectivity index (χ1v) is 5.64. The third kappa shape index (κ3) is 3.05. The largest absolute Gasteiger partial charge is 0.394 e. The highest BCUT2D eigenvalue weighted by atomic mass is 16.3. The highest BCUT2D eigenvalue weighted by molar-refractivity contribution is 5.18. The minimum Gasteiger partial charge on any atom is -0.394 e. The summed E-state index contributed by atoms with van der Waals surface area (Å²) in [7, 11) is 0. The summed E-state index contributed by atoms with van der Waals surface area (Å²) in [6.07, 6.45) is 3.40. The normalized spacial score (nSPS) is 19.9. The third-order valence-electron chi connectivity index (χ3n) is 2.92. The van der Waals surface area contributed by atoms with Crippen LogP contribution >= 0.6 is 0 Å². The predicted molar refractivity (Wildman–Crippen MR) is 61.8 cm³/mol. The van der Waals surface area contributed by atoms with Gasteiger partial charge in [-0.05, 0) is 31.7 Å². The number of hydrogen-bond acceptors (Lipinski definition) is 2. The molecule has 0 heterocycles. The van der Waals surface area contributed by atoms with Crippen LogP contribution in [-0.4, -0.2) is 23.3 Å². The first kappa shape index (κ1) is 10.7. The monoisotopic (exact) mass is 205 g/mol. The molecule has 1 saturated carbocycles. The Kier molecular flexibility index (Phi) is 3.08. The molecule has 2 N–H and O–H groups in total. The summed E-state index contributed by atoms with van der Waals surface area (Å²) < 4.78 is 0. The van der Waals surface area contributed by atoms with Crippen LogP contribution in [0.1, 0.15) is 25.3 Å². The molecule has 15 heavy (non-hydrogen) atoms. The smallest absolute Gasteiger partial charge is 0.0613 e. The van der Waals surface area contributed by atoms with Crippen molar-refractivity contribution in [2.45, 2.75) is 37.8 Å². The maximum absolute atomic E-state index is 9.46. The molecule has 0 saturated heterocycles. The summed E-state index contributed by atoms with van der Waals surface area (Å²) in [5.74, 6) is 0. The zero-order valence-corrected chi connectivity index (χ0v) is 9.24. The van der Waals surface area contributed by atoms with Crippen molar-refractivity contribution in [2.24, 2.45) is 0 Å². The molecular weight excluding hydrogens is 186 g/mol. The molecule has 0 radical (unpaired) electrons. The molecule has 0 aliphatic heterocycles. The van der Waals surface area contributed by atoms with Crippen molar-refractivity contribution < 1.29 is 5.11 Å². The number of hydrogen-bond donors (Lipinski definition) is 2. The van der Waals surface area contributed by atoms with Crippen LogP contribution in [0.2, 0.25) is 0 Å². The number of rotatable bonds is 5. The van der Waals surface area contributed by atoms with Crippen LogP contribution in [0.4, 0.5) is 0 Å². The molecule has 0 amide bonds. The molecule has 1 fully saturated rings. The first-order chi connectivity index (χ1) is 7.22. The molecule has 0 spiro atoms. The molecule has 0 aromatic heterocycles. The predicted octanol–water partition coefficient (Wildman–Crippen LogP) is 1.73. The Hall–Kier alpha value is -0.860. The Balaban J connectivity index is 2.00. The Bertz CT molecular complexity index is 308. The fraction of sp³-hybridized carbons (Fsp3) is 0.538. The van der Waals surface area contributed by atoms with Crippen LogP contribution < -0.4 is 5.32 Å². The fourth-order valence-corrected chi connectivity index (χ4v) is 1.92. The summed E-state index contributed by atoms with van der Waals surface area (Å²) in [4.78, 5) is 0. The molecule has 1 aliphatic rings. The number of aliphatic hydroxyl groups excluding tert-OH is 1. The van der Waals surface area contributed by atoms with Gasteiger partial charge in [-0.3, -0.25) is 0 Å². The average Bonchev–Trinajstić information content (AvgIpc) is 3.03. The van der Waals surface area contributed by atoms with Crippen LogP contribution in [0, 0.1) is 0 Å². The van der Waals surface area contributed by atoms with Crippen LogP contribution in [0.15, 0.2) is 30.3 Å². The van der Waals surface area contributed by atoms with Gasteiger partial charge in [0, 0.05) is 11.6 Å². The molecule has 2 rings (SSSR count). The SMILES string of the molecule is CC(CO)(Cc1ccccc1)NC1CC1. The van der Waals surface area contributed by atoms with Crippen molar-refractivity contribution in [1.29, 1.82) is 0 Å². The molecule has 2 nitrogen and oxygen atoms in total. The van der Waals surface area contributed by atoms with Crippen LogP contribution in [0.25, 0.3) is 0 Å². The first-order valence-electron chi connectivity index (χ1n) is 5.64. The van der Waals surface area contributed by atoms with E-state index in [4.69, 9.17) is 0 Å². The van der Waals surface area contributed by atoms with Gasteiger partial charge in [-0.1, -0.05) is 30.3 Å². The Morgan fingerprint density at radius 3 is 2.53 bits per heavy atom. The van der Waals surface area contributed by atoms with E-state index in [1.165, 1.54) is 18.4 Å². The van der Waals surface area contributed by atoms with Gasteiger partial charge in [-0.2, -0.15) is 0 Å². The molecule has 0 bridgehead atoms. The van der Waals surface area contributed by atoms with Crippen molar-refractivity contribution in [3.63, 3.8) is 0 Å². The average molecular weight is 205 g/mol. The van der Waals surface area contributed by atoms with Crippen molar-refractivity contribution >= 4 is 0 Å². The van der Waals surface area contributed by atoms with Gasteiger partial charge < -0.3 is 10.4 Å². The van der Waals surface area contributed by atoms with E-state index >= 15 is 0 Å². The van der Waals surface area contributed by atoms with Crippen LogP contribution in [0.3, 0.4) is 0 Å². The maximum atomic E-state index is 9.46. The van der Waals surface area contributed by atoms with E-state index in [0.29, 0.717) is 6.04 Å². The zero-order chi connectivity index (χ0) is 10.7. The number of aliphatic hydroxyl groups is 1. The van der Waals surface area contributed by atoms with E-state index in [0.717, 1.165) is 6.42 Å². The maximum Gasteiger partial charge on any atom is 0.0613 e. The van der Waals surface area contributed by atoms with E-state index in [1.807, 2.05) is 18.2 Å². The van der Waals surface area contributed by atoms with Gasteiger partial charge in [-0.15, -0.1) is 0 Å². The van der Waals surface area contributed by atoms with E-state index in [-0.39, 0.29) is 12.1 Å². The Labute approximate surface area is 91.3 Å². The summed E-state index contributed by atoms with van der Waals surface area (Å²) >= 11 is 0. The van der Waals surface area contributed by atoms with Crippen LogP contribution in [-0.2, 0) is 6.42 Å². The van der Waals surface area contributed by atoms with E-state index < -0.39 is 0 Å². The quantitative estimate of drug-likeness (QED) is 0.767. The standard InChI is InChI=1S/C13H19NO/c1-13(10-15,14-12-7-8-12)9-11-5-3-2-4-6-11/h2-6,12,14-15H,7-10H2,1H3. The molecule has 1 atom stereocenters. The zero-order valence-electron chi connectivity index (χ0n) is 9.24. The van der Waals surface area contributed by atoms with Gasteiger partial charge in [0.1, 0.15) is 0 Å². The minimum absolute atomic E-state index is 0.164. The second-order valence-corrected chi connectivity index (χ2v) is 4.80. The van der Waals surface area contributed by atoms with Gasteiger partial charge in [-0.25, -0.2) is 0 Å². The van der Waals surface area contributed by atoms with Gasteiger partial charge in [0.2, 0.25) is 0 Å². The third-order valence-corrected chi connectivity index (χ3v) is 2.92. The van der Waals surface area contributed by atoms with Gasteiger partial charge in [0.05, 0.1) is 6.61 Å². The Morgan fingerprint density at radius 2 is 2.00 bits per heavy atom. The second-order valence-electron chi connectivity index (χ2n) is 4.80. The second kappa shape index (κ2) is 4.33. The molecule has 1 aliphatic carbocycles. The van der Waals surface area contributed by atoms with E-state index in [9.17, 15) is 5.11 Å². The van der Waals surface area contributed by atoms with E-state index in [1.54, 1.807) is 0 Å². The summed E-state index contributed by atoms with van der Waals surface area (Å²) in [6, 6.07) is 11.0. The minimum atomic E-state index is -0.164. The van der Waals surface area contributed by atoms with Crippen molar-refractivity contribution in [2.75, 3.05) is 6.61 Å². The molecule has 1 unspecified atom stereocenters. The lowest BCUT2D eigenvalue weighted by molar-refractivity contribution is 0.172. The van der Waals surface area contributed by atoms with Crippen molar-refractivity contribution in [1.82, 2.24) is 5.32 Å². The van der Waals surface area contributed by atoms with Crippen LogP contribution in [0.5, 0.6) is 0 Å². The Morgan fingerprint density at radius 1 is 1.33 bits per heavy atom. The van der Waals surface area contributed by atoms with Crippen molar-refractivity contribution in [3.05, 3.63) is 35.9 Å². The van der Waals surface area contributed by atoms with Gasteiger partial charge in [0.15, 0.2) is 0 Å². The summed E-state index contributed by atoms with van der Waals surface area (Å²) in [5.41, 5.74) is 1.12. The highest BCUT2D eigenvalue weighted by Gasteiger charge is 2.31. The number of benzene rings is 1. The number of nitrogens with one attached hydrogen (secondary N) is 1. The molecular formula is C13H19NO.